The van der Waals surface area contributed by atoms with E-state index in [1.165, 1.54) is 13.0 Å². The Hall–Kier alpha value is -3.61. The third-order valence-electron chi connectivity index (χ3n) is 6.25. The molecule has 2 atom stereocenters. The van der Waals surface area contributed by atoms with Gasteiger partial charge in [-0.05, 0) is 50.1 Å². The molecule has 2 fully saturated rings. The highest BCUT2D eigenvalue weighted by atomic mass is 19.1. The van der Waals surface area contributed by atoms with E-state index in [1.54, 1.807) is 24.2 Å². The molecule has 7 heteroatoms. The molecule has 1 aromatic carbocycles. The number of cyclic esters (lactones) is 1. The molecule has 2 aliphatic rings. The van der Waals surface area contributed by atoms with Crippen molar-refractivity contribution in [2.24, 2.45) is 0 Å². The van der Waals surface area contributed by atoms with Crippen molar-refractivity contribution < 1.29 is 18.7 Å². The van der Waals surface area contributed by atoms with Crippen LogP contribution in [0.3, 0.4) is 0 Å². The third kappa shape index (κ3) is 4.69. The Morgan fingerprint density at radius 1 is 1.26 bits per heavy atom. The molecule has 1 aromatic heterocycles. The summed E-state index contributed by atoms with van der Waals surface area (Å²) in [5, 5.41) is 0. The van der Waals surface area contributed by atoms with Crippen molar-refractivity contribution in [1.29, 1.82) is 0 Å². The molecule has 2 aliphatic heterocycles. The summed E-state index contributed by atoms with van der Waals surface area (Å²) < 4.78 is 24.9. The Labute approximate surface area is 200 Å². The molecule has 34 heavy (non-hydrogen) atoms. The van der Waals surface area contributed by atoms with Crippen LogP contribution in [0.4, 0.5) is 15.0 Å². The van der Waals surface area contributed by atoms with Crippen LogP contribution in [0.5, 0.6) is 5.75 Å². The largest absolute Gasteiger partial charge is 0.496 e. The average molecular weight is 464 g/mol. The molecule has 0 aliphatic carbocycles. The molecule has 0 radical (unpaired) electrons. The van der Waals surface area contributed by atoms with Gasteiger partial charge in [0.15, 0.2) is 0 Å². The predicted octanol–water partition coefficient (Wildman–Crippen LogP) is 5.66. The number of hydrogen-bond donors (Lipinski definition) is 0. The molecule has 1 unspecified atom stereocenters. The standard InChI is InChI=1S/C27H30FN3O3/c1-5-9-20(16-18(2)28)26-19(3)31(27(32)34-26)17-23-21(22-10-6-7-11-24(22)33-4)12-13-25(29-23)30-14-8-15-30/h5-7,9-13,16,19,26H,1,8,14-15,17H2,2-4H3/b18-16+,20-9+/t19?,26-/m0/s1. The van der Waals surface area contributed by atoms with Crippen molar-refractivity contribution in [2.45, 2.75) is 39.0 Å². The molecule has 178 valence electrons. The maximum atomic E-state index is 13.7. The molecule has 3 heterocycles. The number of ether oxygens (including phenoxy) is 2. The number of allylic oxidation sites excluding steroid dienone is 3. The number of carbonyl (C=O) groups excluding carboxylic acids is 1. The van der Waals surface area contributed by atoms with Crippen molar-refractivity contribution >= 4 is 11.9 Å². The topological polar surface area (TPSA) is 54.9 Å². The minimum Gasteiger partial charge on any atom is -0.496 e. The van der Waals surface area contributed by atoms with Gasteiger partial charge in [0.25, 0.3) is 0 Å². The second kappa shape index (κ2) is 10.1. The molecule has 0 N–H and O–H groups in total. The van der Waals surface area contributed by atoms with Crippen LogP contribution in [-0.4, -0.2) is 48.3 Å². The zero-order valence-electron chi connectivity index (χ0n) is 19.8. The number of aromatic nitrogens is 1. The lowest BCUT2D eigenvalue weighted by Crippen LogP contribution is -2.38. The first-order valence-corrected chi connectivity index (χ1v) is 11.4. The van der Waals surface area contributed by atoms with E-state index in [2.05, 4.69) is 11.5 Å². The van der Waals surface area contributed by atoms with Gasteiger partial charge >= 0.3 is 6.09 Å². The molecule has 2 saturated heterocycles. The Morgan fingerprint density at radius 3 is 2.68 bits per heavy atom. The fourth-order valence-corrected chi connectivity index (χ4v) is 4.36. The Kier molecular flexibility index (Phi) is 7.01. The number of anilines is 1. The molecule has 0 bridgehead atoms. The molecule has 2 aromatic rings. The Balaban J connectivity index is 1.71. The van der Waals surface area contributed by atoms with Crippen molar-refractivity contribution in [3.63, 3.8) is 0 Å². The summed E-state index contributed by atoms with van der Waals surface area (Å²) in [6.45, 7) is 9.15. The number of carbonyl (C=O) groups is 1. The smallest absolute Gasteiger partial charge is 0.411 e. The highest BCUT2D eigenvalue weighted by Crippen LogP contribution is 2.36. The maximum absolute atomic E-state index is 13.7. The number of para-hydroxylation sites is 1. The summed E-state index contributed by atoms with van der Waals surface area (Å²) in [6, 6.07) is 11.5. The summed E-state index contributed by atoms with van der Waals surface area (Å²) in [5.41, 5.74) is 3.12. The predicted molar refractivity (Wildman–Crippen MR) is 131 cm³/mol. The minimum atomic E-state index is -0.607. The van der Waals surface area contributed by atoms with Crippen LogP contribution in [0.2, 0.25) is 0 Å². The van der Waals surface area contributed by atoms with E-state index in [0.29, 0.717) is 5.57 Å². The number of pyridine rings is 1. The average Bonchev–Trinajstić information content (AvgIpc) is 3.06. The number of hydrogen-bond acceptors (Lipinski definition) is 5. The molecule has 0 saturated carbocycles. The summed E-state index contributed by atoms with van der Waals surface area (Å²) in [6.07, 6.45) is 4.69. The monoisotopic (exact) mass is 463 g/mol. The van der Waals surface area contributed by atoms with Gasteiger partial charge in [-0.2, -0.15) is 0 Å². The first-order valence-electron chi connectivity index (χ1n) is 11.4. The lowest BCUT2D eigenvalue weighted by atomic mass is 10.00. The van der Waals surface area contributed by atoms with Gasteiger partial charge in [-0.15, -0.1) is 0 Å². The van der Waals surface area contributed by atoms with Gasteiger partial charge in [0, 0.05) is 24.2 Å². The van der Waals surface area contributed by atoms with Crippen molar-refractivity contribution in [2.75, 3.05) is 25.1 Å². The third-order valence-corrected chi connectivity index (χ3v) is 6.25. The van der Waals surface area contributed by atoms with Crippen LogP contribution in [0.15, 0.2) is 72.6 Å². The number of halogens is 1. The van der Waals surface area contributed by atoms with Crippen LogP contribution in [0.1, 0.15) is 26.0 Å². The number of benzene rings is 1. The van der Waals surface area contributed by atoms with E-state index in [0.717, 1.165) is 47.9 Å². The minimum absolute atomic E-state index is 0.255. The van der Waals surface area contributed by atoms with Gasteiger partial charge in [0.05, 0.1) is 31.2 Å². The van der Waals surface area contributed by atoms with Gasteiger partial charge < -0.3 is 14.4 Å². The van der Waals surface area contributed by atoms with Gasteiger partial charge in [0.1, 0.15) is 17.7 Å². The fourth-order valence-electron chi connectivity index (χ4n) is 4.36. The molecule has 1 amide bonds. The van der Waals surface area contributed by atoms with E-state index in [-0.39, 0.29) is 18.4 Å². The SMILES string of the molecule is C=C/C=C(\C=C(/C)F)[C@H]1OC(=O)N(Cc2nc(N3CCC3)ccc2-c2ccccc2OC)C1C. The van der Waals surface area contributed by atoms with Crippen LogP contribution in [-0.2, 0) is 11.3 Å². The van der Waals surface area contributed by atoms with E-state index in [9.17, 15) is 9.18 Å². The van der Waals surface area contributed by atoms with E-state index in [1.807, 2.05) is 43.3 Å². The van der Waals surface area contributed by atoms with Crippen molar-refractivity contribution in [3.8, 4) is 16.9 Å². The first kappa shape index (κ1) is 23.5. The van der Waals surface area contributed by atoms with Crippen LogP contribution in [0, 0.1) is 0 Å². The fraction of sp³-hybridized carbons (Fsp3) is 0.333. The molecule has 0 spiro atoms. The second-order valence-electron chi connectivity index (χ2n) is 8.51. The normalized spacial score (nSPS) is 20.8. The number of amides is 1. The lowest BCUT2D eigenvalue weighted by Gasteiger charge is -2.33. The van der Waals surface area contributed by atoms with Crippen LogP contribution in [0.25, 0.3) is 11.1 Å². The van der Waals surface area contributed by atoms with Crippen molar-refractivity contribution in [3.05, 3.63) is 78.3 Å². The molecular formula is C27H30FN3O3. The van der Waals surface area contributed by atoms with E-state index >= 15 is 0 Å². The van der Waals surface area contributed by atoms with Gasteiger partial charge in [0.2, 0.25) is 0 Å². The van der Waals surface area contributed by atoms with Gasteiger partial charge in [-0.25, -0.2) is 14.2 Å². The van der Waals surface area contributed by atoms with Gasteiger partial charge in [-0.1, -0.05) is 36.9 Å². The summed E-state index contributed by atoms with van der Waals surface area (Å²) in [7, 11) is 1.64. The summed E-state index contributed by atoms with van der Waals surface area (Å²) in [4.78, 5) is 21.7. The van der Waals surface area contributed by atoms with Crippen LogP contribution >= 0.6 is 0 Å². The zero-order valence-corrected chi connectivity index (χ0v) is 19.8. The quantitative estimate of drug-likeness (QED) is 0.473. The summed E-state index contributed by atoms with van der Waals surface area (Å²) >= 11 is 0. The molecule has 4 rings (SSSR count). The van der Waals surface area contributed by atoms with Crippen molar-refractivity contribution in [1.82, 2.24) is 9.88 Å². The number of nitrogens with zero attached hydrogens (tertiary/aromatic N) is 3. The van der Waals surface area contributed by atoms with Crippen LogP contribution < -0.4 is 9.64 Å². The number of rotatable bonds is 8. The Bertz CT molecular complexity index is 1140. The highest BCUT2D eigenvalue weighted by Gasteiger charge is 2.40. The molecular weight excluding hydrogens is 433 g/mol. The molecule has 6 nitrogen and oxygen atoms in total. The number of methoxy groups -OCH3 is 1. The van der Waals surface area contributed by atoms with E-state index < -0.39 is 12.2 Å². The van der Waals surface area contributed by atoms with Gasteiger partial charge in [-0.3, -0.25) is 4.90 Å². The summed E-state index contributed by atoms with van der Waals surface area (Å²) in [5.74, 6) is 1.26. The highest BCUT2D eigenvalue weighted by molar-refractivity contribution is 5.75. The Morgan fingerprint density at radius 2 is 2.03 bits per heavy atom. The second-order valence-corrected chi connectivity index (χ2v) is 8.51. The first-order chi connectivity index (χ1) is 16.4. The lowest BCUT2D eigenvalue weighted by molar-refractivity contribution is 0.142. The van der Waals surface area contributed by atoms with E-state index in [4.69, 9.17) is 14.5 Å². The maximum Gasteiger partial charge on any atom is 0.411 e. The zero-order chi connectivity index (χ0) is 24.2.